The predicted molar refractivity (Wildman–Crippen MR) is 115 cm³/mol. The molecule has 0 spiro atoms. The molecule has 1 heterocycles. The fourth-order valence-electron chi connectivity index (χ4n) is 3.72. The first-order chi connectivity index (χ1) is 14.2. The number of rotatable bonds is 5. The predicted octanol–water partition coefficient (Wildman–Crippen LogP) is 3.27. The van der Waals surface area contributed by atoms with E-state index in [1.807, 2.05) is 12.1 Å². The molecule has 1 fully saturated rings. The van der Waals surface area contributed by atoms with Gasteiger partial charge >= 0.3 is 0 Å². The summed E-state index contributed by atoms with van der Waals surface area (Å²) in [5.74, 6) is 0.748. The third-order valence-corrected chi connectivity index (χ3v) is 5.97. The van der Waals surface area contributed by atoms with Crippen LogP contribution >= 0.6 is 0 Å². The van der Waals surface area contributed by atoms with Crippen molar-refractivity contribution in [1.29, 1.82) is 5.26 Å². The molecule has 0 unspecified atom stereocenters. The fraction of sp³-hybridized carbons (Fsp3) is 0.364. The molecule has 1 N–H and O–H groups in total. The lowest BCUT2D eigenvalue weighted by Crippen LogP contribution is -2.38. The van der Waals surface area contributed by atoms with Gasteiger partial charge in [-0.25, -0.2) is 8.42 Å². The van der Waals surface area contributed by atoms with Gasteiger partial charge in [0, 0.05) is 18.7 Å². The number of amides is 1. The van der Waals surface area contributed by atoms with Crippen molar-refractivity contribution in [2.24, 2.45) is 0 Å². The van der Waals surface area contributed by atoms with Gasteiger partial charge in [-0.05, 0) is 61.1 Å². The summed E-state index contributed by atoms with van der Waals surface area (Å²) in [6, 6.07) is 12.8. The van der Waals surface area contributed by atoms with Crippen molar-refractivity contribution in [3.63, 3.8) is 0 Å². The zero-order valence-corrected chi connectivity index (χ0v) is 18.1. The number of anilines is 1. The fourth-order valence-corrected chi connectivity index (χ4v) is 4.34. The molecule has 158 valence electrons. The van der Waals surface area contributed by atoms with E-state index in [9.17, 15) is 13.2 Å². The molecule has 0 aromatic heterocycles. The molecule has 0 bridgehead atoms. The second-order valence-corrected chi connectivity index (χ2v) is 9.29. The summed E-state index contributed by atoms with van der Waals surface area (Å²) in [5.41, 5.74) is 3.25. The number of methoxy groups -OCH3 is 1. The van der Waals surface area contributed by atoms with E-state index >= 15 is 0 Å². The zero-order chi connectivity index (χ0) is 21.9. The Balaban J connectivity index is 1.70. The average Bonchev–Trinajstić information content (AvgIpc) is 2.73. The van der Waals surface area contributed by atoms with Crippen molar-refractivity contribution in [3.05, 3.63) is 58.7 Å². The van der Waals surface area contributed by atoms with Gasteiger partial charge in [-0.2, -0.15) is 5.26 Å². The van der Waals surface area contributed by atoms with Crippen LogP contribution in [0.5, 0.6) is 5.75 Å². The number of ether oxygens (including phenoxy) is 1. The van der Waals surface area contributed by atoms with Gasteiger partial charge < -0.3 is 9.64 Å². The summed E-state index contributed by atoms with van der Waals surface area (Å²) >= 11 is 0. The van der Waals surface area contributed by atoms with Crippen molar-refractivity contribution in [1.82, 2.24) is 4.90 Å². The largest absolute Gasteiger partial charge is 0.495 e. The third kappa shape index (κ3) is 4.92. The number of nitrogens with zero attached hydrogens (tertiary/aromatic N) is 2. The lowest BCUT2D eigenvalue weighted by Gasteiger charge is -2.32. The van der Waals surface area contributed by atoms with Crippen LogP contribution in [0, 0.1) is 18.3 Å². The van der Waals surface area contributed by atoms with E-state index in [0.717, 1.165) is 30.2 Å². The van der Waals surface area contributed by atoms with Crippen LogP contribution in [0.25, 0.3) is 0 Å². The Morgan fingerprint density at radius 3 is 2.50 bits per heavy atom. The van der Waals surface area contributed by atoms with Crippen molar-refractivity contribution >= 4 is 21.6 Å². The molecule has 7 nitrogen and oxygen atoms in total. The van der Waals surface area contributed by atoms with E-state index in [1.165, 1.54) is 0 Å². The van der Waals surface area contributed by atoms with Crippen LogP contribution in [0.1, 0.15) is 45.8 Å². The molecule has 0 saturated carbocycles. The van der Waals surface area contributed by atoms with Crippen molar-refractivity contribution < 1.29 is 17.9 Å². The highest BCUT2D eigenvalue weighted by molar-refractivity contribution is 7.92. The first kappa shape index (κ1) is 21.7. The molecular weight excluding hydrogens is 402 g/mol. The lowest BCUT2D eigenvalue weighted by atomic mass is 9.88. The first-order valence-corrected chi connectivity index (χ1v) is 11.6. The van der Waals surface area contributed by atoms with Gasteiger partial charge in [-0.1, -0.05) is 12.1 Å². The highest BCUT2D eigenvalue weighted by Crippen LogP contribution is 2.32. The minimum Gasteiger partial charge on any atom is -0.495 e. The number of likely N-dealkylation sites (tertiary alicyclic amines) is 1. The Hall–Kier alpha value is -3.05. The summed E-state index contributed by atoms with van der Waals surface area (Å²) in [6.45, 7) is 3.00. The van der Waals surface area contributed by atoms with Gasteiger partial charge in [0.1, 0.15) is 11.8 Å². The Morgan fingerprint density at radius 1 is 1.20 bits per heavy atom. The van der Waals surface area contributed by atoms with E-state index in [1.54, 1.807) is 43.2 Å². The number of piperidine rings is 1. The number of carbonyl (C=O) groups excluding carboxylic acids is 1. The SMILES string of the molecule is COc1cc(C2CCN(C(=O)c3ccc(C)c(NS(C)(=O)=O)c3)CC2)ccc1C#N. The molecule has 0 radical (unpaired) electrons. The number of carbonyl (C=O) groups is 1. The normalized spacial score (nSPS) is 14.8. The molecule has 8 heteroatoms. The smallest absolute Gasteiger partial charge is 0.253 e. The second-order valence-electron chi connectivity index (χ2n) is 7.54. The summed E-state index contributed by atoms with van der Waals surface area (Å²) in [5, 5.41) is 9.14. The number of nitrogens with one attached hydrogen (secondary N) is 1. The quantitative estimate of drug-likeness (QED) is 0.789. The van der Waals surface area contributed by atoms with Crippen LogP contribution < -0.4 is 9.46 Å². The molecule has 1 aliphatic rings. The van der Waals surface area contributed by atoms with Gasteiger partial charge in [0.05, 0.1) is 24.6 Å². The minimum atomic E-state index is -3.42. The van der Waals surface area contributed by atoms with Crippen LogP contribution in [0.4, 0.5) is 5.69 Å². The highest BCUT2D eigenvalue weighted by Gasteiger charge is 2.25. The van der Waals surface area contributed by atoms with Crippen LogP contribution in [0.3, 0.4) is 0 Å². The van der Waals surface area contributed by atoms with E-state index in [4.69, 9.17) is 10.00 Å². The Morgan fingerprint density at radius 2 is 1.90 bits per heavy atom. The molecule has 1 aliphatic heterocycles. The number of hydrogen-bond donors (Lipinski definition) is 1. The van der Waals surface area contributed by atoms with Crippen LogP contribution in [0.2, 0.25) is 0 Å². The molecule has 2 aromatic rings. The summed E-state index contributed by atoms with van der Waals surface area (Å²) in [7, 11) is -1.87. The number of aryl methyl sites for hydroxylation is 1. The molecule has 1 amide bonds. The molecule has 30 heavy (non-hydrogen) atoms. The maximum Gasteiger partial charge on any atom is 0.253 e. The van der Waals surface area contributed by atoms with Gasteiger partial charge in [-0.3, -0.25) is 9.52 Å². The maximum absolute atomic E-state index is 12.9. The highest BCUT2D eigenvalue weighted by atomic mass is 32.2. The van der Waals surface area contributed by atoms with Crippen LogP contribution in [-0.2, 0) is 10.0 Å². The molecule has 3 rings (SSSR count). The summed E-state index contributed by atoms with van der Waals surface area (Å²) < 4.78 is 30.9. The first-order valence-electron chi connectivity index (χ1n) is 9.67. The zero-order valence-electron chi connectivity index (χ0n) is 17.3. The van der Waals surface area contributed by atoms with E-state index < -0.39 is 10.0 Å². The van der Waals surface area contributed by atoms with Gasteiger partial charge in [0.2, 0.25) is 10.0 Å². The van der Waals surface area contributed by atoms with Crippen molar-refractivity contribution in [2.75, 3.05) is 31.2 Å². The number of sulfonamides is 1. The third-order valence-electron chi connectivity index (χ3n) is 5.38. The average molecular weight is 428 g/mol. The number of hydrogen-bond acceptors (Lipinski definition) is 5. The Kier molecular flexibility index (Phi) is 6.32. The van der Waals surface area contributed by atoms with Crippen molar-refractivity contribution in [2.45, 2.75) is 25.7 Å². The summed E-state index contributed by atoms with van der Waals surface area (Å²) in [6.07, 6.45) is 2.70. The lowest BCUT2D eigenvalue weighted by molar-refractivity contribution is 0.0713. The molecule has 1 saturated heterocycles. The van der Waals surface area contributed by atoms with Crippen LogP contribution in [0.15, 0.2) is 36.4 Å². The van der Waals surface area contributed by atoms with Crippen LogP contribution in [-0.4, -0.2) is 45.7 Å². The summed E-state index contributed by atoms with van der Waals surface area (Å²) in [4.78, 5) is 14.7. The molecule has 0 atom stereocenters. The Labute approximate surface area is 177 Å². The van der Waals surface area contributed by atoms with E-state index in [2.05, 4.69) is 10.8 Å². The Bertz CT molecular complexity index is 1100. The minimum absolute atomic E-state index is 0.109. The molecule has 2 aromatic carbocycles. The van der Waals surface area contributed by atoms with E-state index in [0.29, 0.717) is 35.7 Å². The molecular formula is C22H25N3O4S. The molecule has 0 aliphatic carbocycles. The van der Waals surface area contributed by atoms with Gasteiger partial charge in [0.25, 0.3) is 5.91 Å². The van der Waals surface area contributed by atoms with E-state index in [-0.39, 0.29) is 11.8 Å². The number of nitriles is 1. The van der Waals surface area contributed by atoms with Gasteiger partial charge in [0.15, 0.2) is 0 Å². The topological polar surface area (TPSA) is 99.5 Å². The standard InChI is InChI=1S/C22H25N3O4S/c1-15-4-5-18(12-20(15)24-30(3,27)28)22(26)25-10-8-16(9-11-25)17-6-7-19(14-23)21(13-17)29-2/h4-7,12-13,16,24H,8-11H2,1-3H3. The second kappa shape index (κ2) is 8.76. The maximum atomic E-state index is 12.9. The number of benzene rings is 2. The monoisotopic (exact) mass is 427 g/mol. The van der Waals surface area contributed by atoms with Crippen molar-refractivity contribution in [3.8, 4) is 11.8 Å². The van der Waals surface area contributed by atoms with Gasteiger partial charge in [-0.15, -0.1) is 0 Å².